The zero-order valence-corrected chi connectivity index (χ0v) is 23.7. The highest BCUT2D eigenvalue weighted by atomic mass is 19.1. The van der Waals surface area contributed by atoms with E-state index in [1.54, 1.807) is 27.6 Å². The quantitative estimate of drug-likeness (QED) is 0.206. The molecule has 43 heavy (non-hydrogen) atoms. The van der Waals surface area contributed by atoms with Gasteiger partial charge >= 0.3 is 0 Å². The van der Waals surface area contributed by atoms with Gasteiger partial charge in [-0.3, -0.25) is 0 Å². The predicted octanol–water partition coefficient (Wildman–Crippen LogP) is 7.55. The molecular formula is C34H31F2N7. The highest BCUT2D eigenvalue weighted by Gasteiger charge is 2.35. The van der Waals surface area contributed by atoms with Crippen molar-refractivity contribution < 1.29 is 8.78 Å². The van der Waals surface area contributed by atoms with Gasteiger partial charge in [0.2, 0.25) is 0 Å². The van der Waals surface area contributed by atoms with Gasteiger partial charge in [-0.2, -0.15) is 10.2 Å². The molecule has 9 heteroatoms. The summed E-state index contributed by atoms with van der Waals surface area (Å²) in [7, 11) is 0. The summed E-state index contributed by atoms with van der Waals surface area (Å²) in [5.74, 6) is 1.30. The van der Waals surface area contributed by atoms with Gasteiger partial charge in [0, 0.05) is 46.2 Å². The first kappa shape index (κ1) is 25.1. The molecule has 2 N–H and O–H groups in total. The minimum atomic E-state index is -0.400. The van der Waals surface area contributed by atoms with Crippen LogP contribution in [0.1, 0.15) is 97.8 Å². The van der Waals surface area contributed by atoms with E-state index in [0.717, 1.165) is 74.1 Å². The van der Waals surface area contributed by atoms with Crippen LogP contribution in [0.3, 0.4) is 0 Å². The Kier molecular flexibility index (Phi) is 5.43. The fraction of sp³-hybridized carbons (Fsp3) is 0.353. The maximum absolute atomic E-state index is 15.7. The summed E-state index contributed by atoms with van der Waals surface area (Å²) in [6, 6.07) is 14.3. The maximum atomic E-state index is 15.7. The highest BCUT2D eigenvalue weighted by Crippen LogP contribution is 2.47. The summed E-state index contributed by atoms with van der Waals surface area (Å²) in [5.41, 5.74) is 13.3. The van der Waals surface area contributed by atoms with E-state index < -0.39 is 5.82 Å². The molecule has 0 amide bonds. The Balaban J connectivity index is 1.04. The Morgan fingerprint density at radius 2 is 1.12 bits per heavy atom. The molecule has 7 nitrogen and oxygen atoms in total. The van der Waals surface area contributed by atoms with Crippen molar-refractivity contribution in [2.75, 3.05) is 5.73 Å². The third kappa shape index (κ3) is 4.53. The fourth-order valence-corrected chi connectivity index (χ4v) is 6.13. The third-order valence-corrected chi connectivity index (χ3v) is 9.22. The summed E-state index contributed by atoms with van der Waals surface area (Å²) < 4.78 is 34.9. The Hall–Kier alpha value is -4.40. The third-order valence-electron chi connectivity index (χ3n) is 9.22. The second kappa shape index (κ2) is 9.30. The van der Waals surface area contributed by atoms with Crippen molar-refractivity contribution in [2.45, 2.75) is 75.0 Å². The van der Waals surface area contributed by atoms with E-state index in [1.165, 1.54) is 18.3 Å². The topological polar surface area (TPSA) is 87.4 Å². The highest BCUT2D eigenvalue weighted by molar-refractivity contribution is 5.74. The minimum Gasteiger partial charge on any atom is -0.382 e. The molecule has 3 aromatic heterocycles. The van der Waals surface area contributed by atoms with Gasteiger partial charge < -0.3 is 5.73 Å². The molecule has 3 heterocycles. The molecule has 0 saturated heterocycles. The predicted molar refractivity (Wildman–Crippen MR) is 159 cm³/mol. The van der Waals surface area contributed by atoms with E-state index in [2.05, 4.69) is 17.1 Å². The molecule has 4 saturated carbocycles. The number of aromatic nitrogens is 6. The van der Waals surface area contributed by atoms with Crippen molar-refractivity contribution in [3.8, 4) is 33.9 Å². The van der Waals surface area contributed by atoms with Gasteiger partial charge in [-0.05, 0) is 87.8 Å². The van der Waals surface area contributed by atoms with Crippen molar-refractivity contribution in [3.63, 3.8) is 0 Å². The van der Waals surface area contributed by atoms with Crippen LogP contribution in [-0.2, 0) is 0 Å². The van der Waals surface area contributed by atoms with Gasteiger partial charge in [-0.1, -0.05) is 12.1 Å². The summed E-state index contributed by atoms with van der Waals surface area (Å²) >= 11 is 0. The van der Waals surface area contributed by atoms with Gasteiger partial charge in [-0.25, -0.2) is 28.1 Å². The van der Waals surface area contributed by atoms with E-state index in [9.17, 15) is 0 Å². The molecule has 4 aliphatic rings. The lowest BCUT2D eigenvalue weighted by molar-refractivity contribution is 0.605. The molecule has 0 aliphatic heterocycles. The van der Waals surface area contributed by atoms with E-state index in [-0.39, 0.29) is 11.6 Å². The van der Waals surface area contributed by atoms with Crippen molar-refractivity contribution in [1.82, 2.24) is 29.5 Å². The van der Waals surface area contributed by atoms with Gasteiger partial charge in [0.15, 0.2) is 0 Å². The van der Waals surface area contributed by atoms with Crippen molar-refractivity contribution in [1.29, 1.82) is 0 Å². The van der Waals surface area contributed by atoms with Crippen molar-refractivity contribution >= 4 is 5.82 Å². The largest absolute Gasteiger partial charge is 0.382 e. The summed E-state index contributed by atoms with van der Waals surface area (Å²) in [6.07, 6.45) is 10.6. The molecule has 216 valence electrons. The van der Waals surface area contributed by atoms with Crippen LogP contribution < -0.4 is 5.73 Å². The van der Waals surface area contributed by atoms with Crippen LogP contribution in [-0.4, -0.2) is 29.5 Å². The van der Waals surface area contributed by atoms with E-state index in [1.807, 2.05) is 6.07 Å². The second-order valence-corrected chi connectivity index (χ2v) is 12.7. The number of nitrogen functional groups attached to an aromatic ring is 1. The number of rotatable bonds is 8. The van der Waals surface area contributed by atoms with Crippen LogP contribution in [0, 0.1) is 11.6 Å². The normalized spacial score (nSPS) is 18.4. The van der Waals surface area contributed by atoms with Crippen molar-refractivity contribution in [3.05, 3.63) is 89.1 Å². The number of hydrogen-bond donors (Lipinski definition) is 1. The van der Waals surface area contributed by atoms with E-state index >= 15 is 8.78 Å². The molecule has 0 radical (unpaired) electrons. The summed E-state index contributed by atoms with van der Waals surface area (Å²) in [5, 5.41) is 9.58. The monoisotopic (exact) mass is 575 g/mol. The Labute approximate surface area is 247 Å². The molecule has 0 bridgehead atoms. The second-order valence-electron chi connectivity index (χ2n) is 12.7. The first-order chi connectivity index (χ1) is 21.0. The van der Waals surface area contributed by atoms with Crippen LogP contribution in [0.5, 0.6) is 0 Å². The number of nitrogens with zero attached hydrogens (tertiary/aromatic N) is 6. The smallest absolute Gasteiger partial charge is 0.150 e. The van der Waals surface area contributed by atoms with E-state index in [0.29, 0.717) is 57.6 Å². The zero-order valence-electron chi connectivity index (χ0n) is 23.7. The molecule has 4 aliphatic carbocycles. The molecule has 0 spiro atoms. The first-order valence-electron chi connectivity index (χ1n) is 15.4. The lowest BCUT2D eigenvalue weighted by Crippen LogP contribution is -2.06. The van der Waals surface area contributed by atoms with Gasteiger partial charge in [0.25, 0.3) is 0 Å². The molecule has 4 fully saturated rings. The fourth-order valence-electron chi connectivity index (χ4n) is 6.13. The lowest BCUT2D eigenvalue weighted by Gasteiger charge is -2.12. The van der Waals surface area contributed by atoms with Gasteiger partial charge in [-0.15, -0.1) is 0 Å². The standard InChI is InChI=1S/C34H31F2N7/c35-24-13-22(9-11-29(24)42-31(20-5-6-20)15-26(40-42)18-1-2-18)28-17-38-34(37)33(39-28)23-10-12-30(25(36)14-23)43-32(21-7-8-21)16-27(41-43)19-3-4-19/h9-21H,1-8H2,(H2,37,38). The molecular weight excluding hydrogens is 544 g/mol. The lowest BCUT2D eigenvalue weighted by atomic mass is 10.1. The van der Waals surface area contributed by atoms with E-state index in [4.69, 9.17) is 20.9 Å². The average molecular weight is 576 g/mol. The number of hydrogen-bond acceptors (Lipinski definition) is 5. The van der Waals surface area contributed by atoms with Gasteiger partial charge in [0.05, 0.1) is 23.3 Å². The molecule has 0 unspecified atom stereocenters. The molecule has 2 aromatic carbocycles. The minimum absolute atomic E-state index is 0.181. The average Bonchev–Trinajstić information content (AvgIpc) is 3.84. The van der Waals surface area contributed by atoms with Crippen LogP contribution in [0.15, 0.2) is 54.7 Å². The van der Waals surface area contributed by atoms with Crippen LogP contribution in [0.4, 0.5) is 14.6 Å². The molecule has 9 rings (SSSR count). The van der Waals surface area contributed by atoms with Crippen molar-refractivity contribution in [2.24, 2.45) is 0 Å². The Morgan fingerprint density at radius 1 is 0.628 bits per heavy atom. The van der Waals surface area contributed by atoms with Gasteiger partial charge in [0.1, 0.15) is 34.5 Å². The molecule has 0 atom stereocenters. The Bertz CT molecular complexity index is 1910. The first-order valence-corrected chi connectivity index (χ1v) is 15.4. The van der Waals surface area contributed by atoms with Crippen LogP contribution >= 0.6 is 0 Å². The molecule has 5 aromatic rings. The summed E-state index contributed by atoms with van der Waals surface area (Å²) in [4.78, 5) is 9.05. The Morgan fingerprint density at radius 3 is 1.60 bits per heavy atom. The number of nitrogens with two attached hydrogens (primary N) is 1. The van der Waals surface area contributed by atoms with Crippen LogP contribution in [0.25, 0.3) is 33.9 Å². The van der Waals surface area contributed by atoms with Crippen LogP contribution in [0.2, 0.25) is 0 Å². The maximum Gasteiger partial charge on any atom is 0.150 e. The number of anilines is 1. The zero-order chi connectivity index (χ0) is 28.8. The number of halogens is 2. The summed E-state index contributed by atoms with van der Waals surface area (Å²) in [6.45, 7) is 0. The SMILES string of the molecule is Nc1ncc(-c2ccc(-n3nc(C4CC4)cc3C3CC3)c(F)c2)nc1-c1ccc(-n2nc(C3CC3)cc2C2CC2)c(F)c1. The number of benzene rings is 2.